The van der Waals surface area contributed by atoms with Crippen LogP contribution in [0.1, 0.15) is 33.2 Å². The van der Waals surface area contributed by atoms with Crippen LogP contribution in [0.2, 0.25) is 5.02 Å². The summed E-state index contributed by atoms with van der Waals surface area (Å²) in [7, 11) is 0. The van der Waals surface area contributed by atoms with E-state index in [1.54, 1.807) is 18.2 Å². The van der Waals surface area contributed by atoms with Crippen LogP contribution in [0, 0.1) is 11.6 Å². The lowest BCUT2D eigenvalue weighted by Crippen LogP contribution is -2.53. The van der Waals surface area contributed by atoms with Gasteiger partial charge in [0.05, 0.1) is 10.6 Å². The number of halogens is 3. The number of carbonyl (C=O) groups excluding carboxylic acids is 2. The first-order valence-electron chi connectivity index (χ1n) is 10.2. The van der Waals surface area contributed by atoms with Gasteiger partial charge in [0.1, 0.15) is 23.4 Å². The number of hydrogen-bond acceptors (Lipinski definition) is 6. The Bertz CT molecular complexity index is 1270. The van der Waals surface area contributed by atoms with Crippen molar-refractivity contribution in [3.63, 3.8) is 0 Å². The number of nitrogens with zero attached hydrogens (tertiary/aromatic N) is 1. The van der Waals surface area contributed by atoms with Gasteiger partial charge in [-0.1, -0.05) is 23.7 Å². The van der Waals surface area contributed by atoms with Crippen molar-refractivity contribution in [1.29, 1.82) is 0 Å². The third-order valence-electron chi connectivity index (χ3n) is 4.82. The molecular weight excluding hydrogens is 484 g/mol. The second-order valence-corrected chi connectivity index (χ2v) is 7.92. The number of nitrogens with one attached hydrogen (secondary N) is 2. The van der Waals surface area contributed by atoms with Gasteiger partial charge in [-0.05, 0) is 55.0 Å². The third kappa shape index (κ3) is 6.52. The van der Waals surface area contributed by atoms with Crippen LogP contribution in [0.3, 0.4) is 0 Å². The summed E-state index contributed by atoms with van der Waals surface area (Å²) in [6.45, 7) is 1.52. The molecule has 11 heteroatoms. The van der Waals surface area contributed by atoms with Crippen molar-refractivity contribution in [2.24, 2.45) is 0 Å². The van der Waals surface area contributed by atoms with Crippen LogP contribution in [0.4, 0.5) is 14.5 Å². The average Bonchev–Trinajstić information content (AvgIpc) is 2.79. The number of carbonyl (C=O) groups is 3. The summed E-state index contributed by atoms with van der Waals surface area (Å²) in [5.74, 6) is -5.58. The van der Waals surface area contributed by atoms with Gasteiger partial charge in [-0.2, -0.15) is 0 Å². The van der Waals surface area contributed by atoms with Crippen LogP contribution in [0.25, 0.3) is 0 Å². The molecule has 0 fully saturated rings. The molecule has 2 amide bonds. The summed E-state index contributed by atoms with van der Waals surface area (Å²) in [5.41, 5.74) is 2.87. The van der Waals surface area contributed by atoms with E-state index in [1.807, 2.05) is 0 Å². The summed E-state index contributed by atoms with van der Waals surface area (Å²) in [4.78, 5) is 37.4. The number of aliphatic carboxylic acids is 1. The minimum absolute atomic E-state index is 0.0658. The van der Waals surface area contributed by atoms with E-state index < -0.39 is 41.0 Å². The standard InChI is InChI=1S/C24H20ClF2N3O5/c1-13(24(34)35)29-30(22(32)15-8-16(26)10-17(27)9-15)23(33)20-6-5-18(11-21(20)25)28-12-14-3-2-4-19(31)7-14/h2-11,13,28-29,31H,12H2,1H3,(H,34,35)/t13-/m0/s1. The SMILES string of the molecule is C[C@H](NN(C(=O)c1cc(F)cc(F)c1)C(=O)c1ccc(NCc2cccc(O)c2)cc1Cl)C(=O)O. The maximum absolute atomic E-state index is 13.6. The Morgan fingerprint density at radius 2 is 1.69 bits per heavy atom. The van der Waals surface area contributed by atoms with Gasteiger partial charge in [-0.25, -0.2) is 19.2 Å². The van der Waals surface area contributed by atoms with E-state index in [0.717, 1.165) is 17.7 Å². The Morgan fingerprint density at radius 3 is 2.29 bits per heavy atom. The van der Waals surface area contributed by atoms with E-state index in [-0.39, 0.29) is 16.3 Å². The molecule has 0 heterocycles. The molecule has 0 aromatic heterocycles. The lowest BCUT2D eigenvalue weighted by atomic mass is 10.1. The van der Waals surface area contributed by atoms with E-state index in [0.29, 0.717) is 23.3 Å². The third-order valence-corrected chi connectivity index (χ3v) is 5.13. The number of hydrazine groups is 1. The number of carboxylic acids is 1. The zero-order chi connectivity index (χ0) is 25.7. The highest BCUT2D eigenvalue weighted by molar-refractivity contribution is 6.34. The van der Waals surface area contributed by atoms with Crippen LogP contribution in [-0.4, -0.2) is 39.0 Å². The summed E-state index contributed by atoms with van der Waals surface area (Å²) in [6.07, 6.45) is 0. The highest BCUT2D eigenvalue weighted by Gasteiger charge is 2.29. The van der Waals surface area contributed by atoms with Gasteiger partial charge in [-0.3, -0.25) is 14.4 Å². The predicted molar refractivity (Wildman–Crippen MR) is 124 cm³/mol. The van der Waals surface area contributed by atoms with E-state index in [9.17, 15) is 33.4 Å². The molecule has 4 N–H and O–H groups in total. The largest absolute Gasteiger partial charge is 0.508 e. The van der Waals surface area contributed by atoms with Gasteiger partial charge in [0.2, 0.25) is 0 Å². The van der Waals surface area contributed by atoms with E-state index in [1.165, 1.54) is 31.2 Å². The van der Waals surface area contributed by atoms with Crippen molar-refractivity contribution in [2.45, 2.75) is 19.5 Å². The lowest BCUT2D eigenvalue weighted by Gasteiger charge is -2.24. The fourth-order valence-electron chi connectivity index (χ4n) is 3.05. The van der Waals surface area contributed by atoms with Crippen LogP contribution in [0.15, 0.2) is 60.7 Å². The quantitative estimate of drug-likeness (QED) is 0.269. The fraction of sp³-hybridized carbons (Fsp3) is 0.125. The molecular formula is C24H20ClF2N3O5. The molecule has 35 heavy (non-hydrogen) atoms. The Balaban J connectivity index is 1.87. The molecule has 3 aromatic carbocycles. The number of imide groups is 1. The number of phenolic OH excluding ortho intramolecular Hbond substituents is 1. The molecule has 0 saturated carbocycles. The number of amides is 2. The van der Waals surface area contributed by atoms with Gasteiger partial charge in [0, 0.05) is 23.9 Å². The zero-order valence-corrected chi connectivity index (χ0v) is 19.0. The highest BCUT2D eigenvalue weighted by Crippen LogP contribution is 2.24. The minimum Gasteiger partial charge on any atom is -0.508 e. The van der Waals surface area contributed by atoms with Gasteiger partial charge in [0.25, 0.3) is 11.8 Å². The number of aromatic hydroxyl groups is 1. The summed E-state index contributed by atoms with van der Waals surface area (Å²) in [5, 5.41) is 22.1. The Kier molecular flexibility index (Phi) is 8.00. The Morgan fingerprint density at radius 1 is 1.00 bits per heavy atom. The first-order chi connectivity index (χ1) is 16.5. The second-order valence-electron chi connectivity index (χ2n) is 7.51. The minimum atomic E-state index is -1.40. The molecule has 0 spiro atoms. The normalized spacial score (nSPS) is 11.5. The van der Waals surface area contributed by atoms with Gasteiger partial charge in [-0.15, -0.1) is 0 Å². The molecule has 0 aliphatic heterocycles. The molecule has 0 aliphatic rings. The van der Waals surface area contributed by atoms with E-state index >= 15 is 0 Å². The van der Waals surface area contributed by atoms with Gasteiger partial charge in [0.15, 0.2) is 0 Å². The Labute approximate surface area is 203 Å². The van der Waals surface area contributed by atoms with Gasteiger partial charge < -0.3 is 15.5 Å². The first kappa shape index (κ1) is 25.6. The number of hydrogen-bond donors (Lipinski definition) is 4. The average molecular weight is 504 g/mol. The number of anilines is 1. The molecule has 0 unspecified atom stereocenters. The van der Waals surface area contributed by atoms with E-state index in [2.05, 4.69) is 10.7 Å². The summed E-state index contributed by atoms with van der Waals surface area (Å²) < 4.78 is 27.3. The predicted octanol–water partition coefficient (Wildman–Crippen LogP) is 4.20. The Hall–Kier alpha value is -4.02. The first-order valence-corrected chi connectivity index (χ1v) is 10.6. The fourth-order valence-corrected chi connectivity index (χ4v) is 3.32. The van der Waals surface area contributed by atoms with Crippen molar-refractivity contribution in [3.8, 4) is 5.75 Å². The van der Waals surface area contributed by atoms with Crippen LogP contribution in [0.5, 0.6) is 5.75 Å². The molecule has 0 bridgehead atoms. The molecule has 1 atom stereocenters. The lowest BCUT2D eigenvalue weighted by molar-refractivity contribution is -0.139. The molecule has 3 rings (SSSR count). The van der Waals surface area contributed by atoms with E-state index in [4.69, 9.17) is 11.6 Å². The number of phenols is 1. The summed E-state index contributed by atoms with van der Waals surface area (Å²) >= 11 is 6.27. The van der Waals surface area contributed by atoms with Crippen molar-refractivity contribution in [1.82, 2.24) is 10.4 Å². The second kappa shape index (κ2) is 10.9. The highest BCUT2D eigenvalue weighted by atomic mass is 35.5. The molecule has 3 aromatic rings. The van der Waals surface area contributed by atoms with Crippen LogP contribution >= 0.6 is 11.6 Å². The smallest absolute Gasteiger partial charge is 0.322 e. The van der Waals surface area contributed by atoms with Crippen LogP contribution in [-0.2, 0) is 11.3 Å². The molecule has 0 radical (unpaired) electrons. The maximum Gasteiger partial charge on any atom is 0.322 e. The molecule has 0 aliphatic carbocycles. The van der Waals surface area contributed by atoms with Crippen molar-refractivity contribution < 1.29 is 33.4 Å². The van der Waals surface area contributed by atoms with Gasteiger partial charge >= 0.3 is 5.97 Å². The summed E-state index contributed by atoms with van der Waals surface area (Å²) in [6, 6.07) is 11.4. The molecule has 0 saturated heterocycles. The monoisotopic (exact) mass is 503 g/mol. The van der Waals surface area contributed by atoms with Crippen molar-refractivity contribution in [3.05, 3.63) is 94.0 Å². The van der Waals surface area contributed by atoms with Crippen LogP contribution < -0.4 is 10.7 Å². The number of rotatable bonds is 8. The molecule has 182 valence electrons. The molecule has 8 nitrogen and oxygen atoms in total. The number of benzene rings is 3. The topological polar surface area (TPSA) is 119 Å². The maximum atomic E-state index is 13.6. The van der Waals surface area contributed by atoms with Crippen molar-refractivity contribution in [2.75, 3.05) is 5.32 Å². The van der Waals surface area contributed by atoms with Crippen molar-refractivity contribution >= 4 is 35.1 Å². The zero-order valence-electron chi connectivity index (χ0n) is 18.3. The number of carboxylic acid groups (broad SMARTS) is 1.